The maximum absolute atomic E-state index is 12.9. The van der Waals surface area contributed by atoms with Crippen molar-refractivity contribution in [2.24, 2.45) is 0 Å². The number of hydrogen-bond acceptors (Lipinski definition) is 8. The molecule has 0 radical (unpaired) electrons. The Balaban J connectivity index is 1.65. The highest BCUT2D eigenvalue weighted by Crippen LogP contribution is 2.30. The van der Waals surface area contributed by atoms with Crippen LogP contribution in [0.5, 0.6) is 0 Å². The average Bonchev–Trinajstić information content (AvgIpc) is 3.39. The van der Waals surface area contributed by atoms with Gasteiger partial charge in [0.15, 0.2) is 14.9 Å². The largest absolute Gasteiger partial charge is 0.266 e. The second-order valence-corrected chi connectivity index (χ2v) is 11.5. The summed E-state index contributed by atoms with van der Waals surface area (Å²) in [6.45, 7) is 0. The van der Waals surface area contributed by atoms with E-state index in [1.807, 2.05) is 0 Å². The molecule has 0 saturated carbocycles. The number of rotatable bonds is 6. The zero-order chi connectivity index (χ0) is 21.4. The maximum Gasteiger partial charge on any atom is 0.224 e. The van der Waals surface area contributed by atoms with Crippen molar-refractivity contribution in [1.29, 1.82) is 0 Å². The summed E-state index contributed by atoms with van der Waals surface area (Å²) < 4.78 is 51.6. The smallest absolute Gasteiger partial charge is 0.224 e. The molecule has 0 aliphatic carbocycles. The molecule has 0 bridgehead atoms. The van der Waals surface area contributed by atoms with Crippen molar-refractivity contribution < 1.29 is 16.8 Å². The Morgan fingerprint density at radius 2 is 1.63 bits per heavy atom. The van der Waals surface area contributed by atoms with E-state index in [1.54, 1.807) is 42.5 Å². The second kappa shape index (κ2) is 7.91. The van der Waals surface area contributed by atoms with Crippen LogP contribution in [0.25, 0.3) is 10.6 Å². The Hall–Kier alpha value is -2.60. The highest BCUT2D eigenvalue weighted by atomic mass is 35.5. The monoisotopic (exact) mass is 480 g/mol. The van der Waals surface area contributed by atoms with Crippen LogP contribution in [0.4, 0.5) is 0 Å². The van der Waals surface area contributed by atoms with E-state index in [1.165, 1.54) is 12.1 Å². The standard InChI is InChI=1S/C18H13ClN4O4S3/c19-13-8-6-12(7-9-13)17-22-21-16(28-17)11-29(24,25)15-10-20-23-18(15)30(26,27)14-4-2-1-3-5-14/h1-10H,11H2,(H,20,23). The lowest BCUT2D eigenvalue weighted by Crippen LogP contribution is -2.11. The maximum atomic E-state index is 12.9. The molecular formula is C18H13ClN4O4S3. The van der Waals surface area contributed by atoms with E-state index >= 15 is 0 Å². The first-order valence-electron chi connectivity index (χ1n) is 8.42. The quantitative estimate of drug-likeness (QED) is 0.448. The van der Waals surface area contributed by atoms with Crippen LogP contribution >= 0.6 is 22.9 Å². The summed E-state index contributed by atoms with van der Waals surface area (Å²) in [5.74, 6) is -0.505. The topological polar surface area (TPSA) is 123 Å². The predicted molar refractivity (Wildman–Crippen MR) is 112 cm³/mol. The fourth-order valence-electron chi connectivity index (χ4n) is 2.66. The van der Waals surface area contributed by atoms with Crippen LogP contribution in [-0.4, -0.2) is 37.2 Å². The zero-order valence-electron chi connectivity index (χ0n) is 15.1. The molecule has 0 spiro atoms. The van der Waals surface area contributed by atoms with Gasteiger partial charge in [0.1, 0.15) is 20.7 Å². The van der Waals surface area contributed by atoms with Gasteiger partial charge in [-0.05, 0) is 24.3 Å². The van der Waals surface area contributed by atoms with Crippen LogP contribution in [0, 0.1) is 0 Å². The summed E-state index contributed by atoms with van der Waals surface area (Å²) in [4.78, 5) is -0.443. The SMILES string of the molecule is O=S(=O)(Cc1nnc(-c2ccc(Cl)cc2)s1)c1cn[nH]c1S(=O)(=O)c1ccccc1. The van der Waals surface area contributed by atoms with Gasteiger partial charge in [-0.15, -0.1) is 10.2 Å². The molecule has 0 aliphatic heterocycles. The van der Waals surface area contributed by atoms with Crippen molar-refractivity contribution in [2.45, 2.75) is 20.6 Å². The molecule has 8 nitrogen and oxygen atoms in total. The van der Waals surface area contributed by atoms with Gasteiger partial charge in [0.2, 0.25) is 9.84 Å². The van der Waals surface area contributed by atoms with Gasteiger partial charge in [-0.2, -0.15) is 5.10 Å². The summed E-state index contributed by atoms with van der Waals surface area (Å²) in [6.07, 6.45) is 0.992. The second-order valence-electron chi connectivity index (χ2n) is 6.15. The van der Waals surface area contributed by atoms with Crippen LogP contribution < -0.4 is 0 Å². The number of hydrogen-bond donors (Lipinski definition) is 1. The molecule has 0 aliphatic rings. The van der Waals surface area contributed by atoms with E-state index in [4.69, 9.17) is 11.6 Å². The Bertz CT molecular complexity index is 1400. The van der Waals surface area contributed by atoms with Gasteiger partial charge in [-0.3, -0.25) is 5.10 Å². The van der Waals surface area contributed by atoms with Gasteiger partial charge in [0.25, 0.3) is 0 Å². The van der Waals surface area contributed by atoms with E-state index in [9.17, 15) is 16.8 Å². The number of H-pyrrole nitrogens is 1. The molecule has 0 unspecified atom stereocenters. The van der Waals surface area contributed by atoms with Crippen molar-refractivity contribution in [3.05, 3.63) is 70.8 Å². The van der Waals surface area contributed by atoms with Crippen molar-refractivity contribution in [2.75, 3.05) is 0 Å². The predicted octanol–water partition coefficient (Wildman–Crippen LogP) is 3.39. The third kappa shape index (κ3) is 4.01. The lowest BCUT2D eigenvalue weighted by atomic mass is 10.2. The van der Waals surface area contributed by atoms with E-state index in [2.05, 4.69) is 20.4 Å². The zero-order valence-corrected chi connectivity index (χ0v) is 18.3. The van der Waals surface area contributed by atoms with Gasteiger partial charge in [-0.25, -0.2) is 16.8 Å². The molecule has 0 amide bonds. The lowest BCUT2D eigenvalue weighted by Gasteiger charge is -2.05. The van der Waals surface area contributed by atoms with E-state index in [0.29, 0.717) is 10.0 Å². The highest BCUT2D eigenvalue weighted by molar-refractivity contribution is 7.94. The van der Waals surface area contributed by atoms with Gasteiger partial charge >= 0.3 is 0 Å². The molecule has 154 valence electrons. The van der Waals surface area contributed by atoms with Crippen molar-refractivity contribution in [1.82, 2.24) is 20.4 Å². The van der Waals surface area contributed by atoms with Crippen LogP contribution in [0.15, 0.2) is 75.6 Å². The molecule has 2 aromatic carbocycles. The number of halogens is 1. The van der Waals surface area contributed by atoms with Crippen LogP contribution in [0.2, 0.25) is 5.02 Å². The minimum Gasteiger partial charge on any atom is -0.266 e. The fourth-order valence-corrected chi connectivity index (χ4v) is 7.16. The van der Waals surface area contributed by atoms with E-state index < -0.39 is 35.3 Å². The van der Waals surface area contributed by atoms with E-state index in [0.717, 1.165) is 23.1 Å². The van der Waals surface area contributed by atoms with Crippen molar-refractivity contribution >= 4 is 42.6 Å². The summed E-state index contributed by atoms with van der Waals surface area (Å²) in [7, 11) is -8.14. The summed E-state index contributed by atoms with van der Waals surface area (Å²) >= 11 is 6.98. The molecule has 0 fully saturated rings. The third-order valence-electron chi connectivity index (χ3n) is 4.10. The van der Waals surface area contributed by atoms with Crippen LogP contribution in [-0.2, 0) is 25.4 Å². The Morgan fingerprint density at radius 3 is 2.33 bits per heavy atom. The van der Waals surface area contributed by atoms with Gasteiger partial charge < -0.3 is 0 Å². The number of nitrogens with zero attached hydrogens (tertiary/aromatic N) is 3. The first-order valence-corrected chi connectivity index (χ1v) is 12.7. The number of aromatic amines is 1. The van der Waals surface area contributed by atoms with Gasteiger partial charge in [0.05, 0.1) is 11.1 Å². The molecule has 2 aromatic heterocycles. The average molecular weight is 481 g/mol. The van der Waals surface area contributed by atoms with Crippen molar-refractivity contribution in [3.63, 3.8) is 0 Å². The van der Waals surface area contributed by atoms with Crippen molar-refractivity contribution in [3.8, 4) is 10.6 Å². The lowest BCUT2D eigenvalue weighted by molar-refractivity contribution is 0.579. The first-order chi connectivity index (χ1) is 14.3. The molecule has 2 heterocycles. The minimum atomic E-state index is -4.09. The van der Waals surface area contributed by atoms with Crippen LogP contribution in [0.3, 0.4) is 0 Å². The highest BCUT2D eigenvalue weighted by Gasteiger charge is 2.31. The van der Waals surface area contributed by atoms with Gasteiger partial charge in [-0.1, -0.05) is 53.3 Å². The molecule has 0 saturated heterocycles. The Kier molecular flexibility index (Phi) is 5.45. The molecule has 30 heavy (non-hydrogen) atoms. The molecular weight excluding hydrogens is 468 g/mol. The molecule has 4 rings (SSSR count). The Labute approximate surface area is 181 Å². The summed E-state index contributed by atoms with van der Waals surface area (Å²) in [5, 5.41) is 14.8. The van der Waals surface area contributed by atoms with E-state index in [-0.39, 0.29) is 9.90 Å². The Morgan fingerprint density at radius 1 is 0.933 bits per heavy atom. The molecule has 0 atom stereocenters. The van der Waals surface area contributed by atoms with Gasteiger partial charge in [0, 0.05) is 10.6 Å². The first kappa shape index (κ1) is 20.7. The summed E-state index contributed by atoms with van der Waals surface area (Å²) in [6, 6.07) is 14.4. The molecule has 4 aromatic rings. The summed E-state index contributed by atoms with van der Waals surface area (Å²) in [5.41, 5.74) is 0.746. The number of nitrogens with one attached hydrogen (secondary N) is 1. The normalized spacial score (nSPS) is 12.2. The van der Waals surface area contributed by atoms with Crippen LogP contribution in [0.1, 0.15) is 5.01 Å². The minimum absolute atomic E-state index is 0.0355. The number of aromatic nitrogens is 4. The number of benzene rings is 2. The third-order valence-corrected chi connectivity index (χ3v) is 9.01. The molecule has 1 N–H and O–H groups in total. The fraction of sp³-hybridized carbons (Fsp3) is 0.0556. The molecule has 12 heteroatoms. The number of sulfone groups is 2.